The zero-order valence-corrected chi connectivity index (χ0v) is 31.9. The Kier molecular flexibility index (Phi) is 9.29. The van der Waals surface area contributed by atoms with Crippen LogP contribution in [0.2, 0.25) is 0 Å². The Labute approximate surface area is 332 Å². The van der Waals surface area contributed by atoms with Crippen LogP contribution in [-0.4, -0.2) is 15.0 Å². The van der Waals surface area contributed by atoms with Crippen LogP contribution in [0.15, 0.2) is 194 Å². The van der Waals surface area contributed by atoms with E-state index in [0.29, 0.717) is 17.5 Å². The Balaban J connectivity index is 1.16. The normalized spacial score (nSPS) is 11.6. The quantitative estimate of drug-likeness (QED) is 0.139. The van der Waals surface area contributed by atoms with Gasteiger partial charge in [-0.1, -0.05) is 165 Å². The second-order valence-electron chi connectivity index (χ2n) is 14.1. The summed E-state index contributed by atoms with van der Waals surface area (Å²) in [5.41, 5.74) is 15.3. The summed E-state index contributed by atoms with van der Waals surface area (Å²) in [6, 6.07) is 56.5. The summed E-state index contributed by atoms with van der Waals surface area (Å²) in [5, 5.41) is 1.96. The fraction of sp³-hybridized carbons (Fsp3) is 0.0377. The van der Waals surface area contributed by atoms with Crippen molar-refractivity contribution in [3.05, 3.63) is 200 Å². The molecule has 0 aliphatic carbocycles. The van der Waals surface area contributed by atoms with Crippen LogP contribution in [0.1, 0.15) is 25.0 Å². The molecule has 4 heteroatoms. The summed E-state index contributed by atoms with van der Waals surface area (Å²) in [6.45, 7) is 12.6. The zero-order chi connectivity index (χ0) is 38.9. The van der Waals surface area contributed by atoms with Gasteiger partial charge in [0.15, 0.2) is 17.5 Å². The summed E-state index contributed by atoms with van der Waals surface area (Å²) in [5.74, 6) is 1.80. The number of hydrogen-bond donors (Lipinski definition) is 0. The van der Waals surface area contributed by atoms with Crippen LogP contribution in [0, 0.1) is 0 Å². The van der Waals surface area contributed by atoms with Crippen molar-refractivity contribution in [1.82, 2.24) is 15.0 Å². The molecule has 0 spiro atoms. The van der Waals surface area contributed by atoms with E-state index in [-0.39, 0.29) is 0 Å². The molecule has 7 aromatic carbocycles. The number of allylic oxidation sites excluding steroid dienone is 4. The van der Waals surface area contributed by atoms with Crippen LogP contribution >= 0.6 is 0 Å². The van der Waals surface area contributed by atoms with Crippen LogP contribution < -0.4 is 0 Å². The van der Waals surface area contributed by atoms with E-state index in [1.54, 1.807) is 0 Å². The van der Waals surface area contributed by atoms with Gasteiger partial charge in [0.05, 0.1) is 0 Å². The molecule has 9 aromatic rings. The molecule has 4 nitrogen and oxygen atoms in total. The first-order valence-electron chi connectivity index (χ1n) is 19.1. The Hall–Kier alpha value is -7.43. The molecule has 2 aromatic heterocycles. The molecule has 9 rings (SSSR count). The maximum absolute atomic E-state index is 6.47. The number of furan rings is 1. The average molecular weight is 734 g/mol. The summed E-state index contributed by atoms with van der Waals surface area (Å²) in [7, 11) is 0. The van der Waals surface area contributed by atoms with E-state index in [9.17, 15) is 0 Å². The molecule has 0 unspecified atom stereocenters. The molecule has 0 saturated heterocycles. The Bertz CT molecular complexity index is 2990. The van der Waals surface area contributed by atoms with E-state index in [4.69, 9.17) is 19.4 Å². The minimum atomic E-state index is 0.583. The van der Waals surface area contributed by atoms with Crippen LogP contribution in [-0.2, 0) is 0 Å². The van der Waals surface area contributed by atoms with E-state index in [2.05, 4.69) is 148 Å². The Morgan fingerprint density at radius 1 is 0.509 bits per heavy atom. The zero-order valence-electron chi connectivity index (χ0n) is 31.9. The monoisotopic (exact) mass is 733 g/mol. The number of fused-ring (bicyclic) bond motifs is 3. The molecule has 272 valence electrons. The van der Waals surface area contributed by atoms with Gasteiger partial charge in [0.2, 0.25) is 0 Å². The smallest absolute Gasteiger partial charge is 0.164 e. The maximum Gasteiger partial charge on any atom is 0.164 e. The standard InChI is InChI=1S/C53H39N3O/c1-5-34(3)43-22-14-23-44(49(43)35(4)6-2)38-28-26-37(27-29-38)41-30-31-47-46(33-41)50-45(24-15-25-48(50)57-47)53-55-51(39-18-11-8-12-19-39)54-52(56-53)42-21-13-20-40(32-42)36-16-9-7-10-17-36/h5-33H,2,4H2,1,3H3/b34-5+. The van der Waals surface area contributed by atoms with E-state index < -0.39 is 0 Å². The third-order valence-corrected chi connectivity index (χ3v) is 10.7. The van der Waals surface area contributed by atoms with Crippen molar-refractivity contribution in [3.63, 3.8) is 0 Å². The van der Waals surface area contributed by atoms with Crippen LogP contribution in [0.4, 0.5) is 0 Å². The van der Waals surface area contributed by atoms with Crippen LogP contribution in [0.5, 0.6) is 0 Å². The highest BCUT2D eigenvalue weighted by Crippen LogP contribution is 2.40. The van der Waals surface area contributed by atoms with Crippen molar-refractivity contribution in [1.29, 1.82) is 0 Å². The largest absolute Gasteiger partial charge is 0.456 e. The first kappa shape index (κ1) is 35.3. The van der Waals surface area contributed by atoms with Gasteiger partial charge in [-0.2, -0.15) is 0 Å². The molecule has 0 radical (unpaired) electrons. The Morgan fingerprint density at radius 3 is 1.81 bits per heavy atom. The summed E-state index contributed by atoms with van der Waals surface area (Å²) in [4.78, 5) is 15.3. The third-order valence-electron chi connectivity index (χ3n) is 10.7. The molecule has 0 fully saturated rings. The minimum Gasteiger partial charge on any atom is -0.456 e. The third kappa shape index (κ3) is 6.68. The van der Waals surface area contributed by atoms with Gasteiger partial charge in [0, 0.05) is 27.5 Å². The number of benzene rings is 7. The van der Waals surface area contributed by atoms with E-state index in [1.807, 2.05) is 54.6 Å². The molecule has 0 aliphatic heterocycles. The first-order valence-corrected chi connectivity index (χ1v) is 19.1. The molecular weight excluding hydrogens is 695 g/mol. The lowest BCUT2D eigenvalue weighted by Gasteiger charge is -2.16. The maximum atomic E-state index is 6.47. The van der Waals surface area contributed by atoms with Crippen molar-refractivity contribution in [2.24, 2.45) is 0 Å². The van der Waals surface area contributed by atoms with Crippen LogP contribution in [0.25, 0.3) is 101 Å². The summed E-state index contributed by atoms with van der Waals surface area (Å²) >= 11 is 0. The van der Waals surface area contributed by atoms with Gasteiger partial charge < -0.3 is 4.42 Å². The molecule has 0 saturated carbocycles. The van der Waals surface area contributed by atoms with Crippen molar-refractivity contribution in [2.45, 2.75) is 13.8 Å². The summed E-state index contributed by atoms with van der Waals surface area (Å²) in [6.07, 6.45) is 3.97. The van der Waals surface area contributed by atoms with Crippen molar-refractivity contribution in [2.75, 3.05) is 0 Å². The first-order chi connectivity index (χ1) is 28.0. The summed E-state index contributed by atoms with van der Waals surface area (Å²) < 4.78 is 6.47. The topological polar surface area (TPSA) is 51.8 Å². The van der Waals surface area contributed by atoms with Gasteiger partial charge >= 0.3 is 0 Å². The highest BCUT2D eigenvalue weighted by Gasteiger charge is 2.19. The lowest BCUT2D eigenvalue weighted by Crippen LogP contribution is -2.00. The van der Waals surface area contributed by atoms with Gasteiger partial charge in [-0.05, 0) is 93.8 Å². The van der Waals surface area contributed by atoms with Gasteiger partial charge in [-0.15, -0.1) is 0 Å². The van der Waals surface area contributed by atoms with Gasteiger partial charge in [-0.25, -0.2) is 15.0 Å². The molecule has 0 N–H and O–H groups in total. The predicted molar refractivity (Wildman–Crippen MR) is 238 cm³/mol. The number of aromatic nitrogens is 3. The number of hydrogen-bond acceptors (Lipinski definition) is 4. The molecule has 0 aliphatic rings. The second kappa shape index (κ2) is 15.0. The van der Waals surface area contributed by atoms with E-state index in [1.165, 1.54) is 11.1 Å². The van der Waals surface area contributed by atoms with Gasteiger partial charge in [-0.3, -0.25) is 0 Å². The lowest BCUT2D eigenvalue weighted by molar-refractivity contribution is 0.669. The molecule has 0 bridgehead atoms. The number of nitrogens with zero attached hydrogens (tertiary/aromatic N) is 3. The van der Waals surface area contributed by atoms with E-state index >= 15 is 0 Å². The van der Waals surface area contributed by atoms with Crippen LogP contribution in [0.3, 0.4) is 0 Å². The van der Waals surface area contributed by atoms with E-state index in [0.717, 1.165) is 83.1 Å². The second-order valence-corrected chi connectivity index (χ2v) is 14.1. The molecule has 0 atom stereocenters. The highest BCUT2D eigenvalue weighted by atomic mass is 16.3. The SMILES string of the molecule is C=CC(=C)c1c(/C(C)=C/C)cccc1-c1ccc(-c2ccc3oc4cccc(-c5nc(-c6ccccc6)nc(-c6cccc(-c7ccccc7)c6)n5)c4c3c2)cc1. The molecule has 0 amide bonds. The Morgan fingerprint density at radius 2 is 1.07 bits per heavy atom. The predicted octanol–water partition coefficient (Wildman–Crippen LogP) is 14.4. The fourth-order valence-electron chi connectivity index (χ4n) is 7.57. The lowest BCUT2D eigenvalue weighted by atomic mass is 9.87. The average Bonchev–Trinajstić information content (AvgIpc) is 3.67. The molecular formula is C53H39N3O. The van der Waals surface area contributed by atoms with Gasteiger partial charge in [0.1, 0.15) is 11.2 Å². The van der Waals surface area contributed by atoms with Crippen molar-refractivity contribution in [3.8, 4) is 67.5 Å². The fourth-order valence-corrected chi connectivity index (χ4v) is 7.57. The number of rotatable bonds is 9. The van der Waals surface area contributed by atoms with Crippen molar-refractivity contribution < 1.29 is 4.42 Å². The molecule has 2 heterocycles. The minimum absolute atomic E-state index is 0.583. The van der Waals surface area contributed by atoms with Crippen molar-refractivity contribution >= 4 is 33.1 Å². The molecule has 57 heavy (non-hydrogen) atoms. The van der Waals surface area contributed by atoms with Gasteiger partial charge in [0.25, 0.3) is 0 Å². The highest BCUT2D eigenvalue weighted by molar-refractivity contribution is 6.12.